The number of hydrogen-bond donors (Lipinski definition) is 0. The fourth-order valence-corrected chi connectivity index (χ4v) is 4.78. The average Bonchev–Trinajstić information content (AvgIpc) is 3.33. The smallest absolute Gasteiger partial charge is 0.00953 e. The summed E-state index contributed by atoms with van der Waals surface area (Å²) in [4.78, 5) is 2.90. The van der Waals surface area contributed by atoms with Crippen LogP contribution in [0.25, 0.3) is 0 Å². The van der Waals surface area contributed by atoms with E-state index in [1.54, 1.807) is 0 Å². The van der Waals surface area contributed by atoms with Crippen LogP contribution in [0.15, 0.2) is 0 Å². The van der Waals surface area contributed by atoms with E-state index in [4.69, 9.17) is 0 Å². The highest BCUT2D eigenvalue weighted by Crippen LogP contribution is 2.57. The second-order valence-corrected chi connectivity index (χ2v) is 8.71. The minimum atomic E-state index is 0.796. The van der Waals surface area contributed by atoms with Gasteiger partial charge >= 0.3 is 0 Å². The van der Waals surface area contributed by atoms with Crippen molar-refractivity contribution in [3.8, 4) is 0 Å². The Kier molecular flexibility index (Phi) is 8.44. The molecule has 0 N–H and O–H groups in total. The Morgan fingerprint density at radius 1 is 0.826 bits per heavy atom. The topological polar surface area (TPSA) is 3.24 Å². The van der Waals surface area contributed by atoms with Crippen molar-refractivity contribution in [1.82, 2.24) is 4.90 Å². The van der Waals surface area contributed by atoms with Crippen LogP contribution >= 0.6 is 0 Å². The van der Waals surface area contributed by atoms with Crippen LogP contribution in [0.3, 0.4) is 0 Å². The fraction of sp³-hybridized carbons (Fsp3) is 1.00. The van der Waals surface area contributed by atoms with Gasteiger partial charge in [-0.1, -0.05) is 78.6 Å². The van der Waals surface area contributed by atoms with Gasteiger partial charge in [0, 0.05) is 12.6 Å². The Bertz CT molecular complexity index is 307. The van der Waals surface area contributed by atoms with Crippen LogP contribution in [0.4, 0.5) is 0 Å². The zero-order valence-electron chi connectivity index (χ0n) is 16.4. The number of nitrogens with zero attached hydrogens (tertiary/aromatic N) is 1. The second-order valence-electron chi connectivity index (χ2n) is 8.71. The molecule has 1 saturated heterocycles. The van der Waals surface area contributed by atoms with Crippen molar-refractivity contribution in [3.63, 3.8) is 0 Å². The first-order valence-corrected chi connectivity index (χ1v) is 11.0. The van der Waals surface area contributed by atoms with Gasteiger partial charge in [-0.3, -0.25) is 0 Å². The van der Waals surface area contributed by atoms with E-state index in [9.17, 15) is 0 Å². The summed E-state index contributed by atoms with van der Waals surface area (Å²) in [7, 11) is 0. The van der Waals surface area contributed by atoms with E-state index in [1.165, 1.54) is 103 Å². The first-order chi connectivity index (χ1) is 11.2. The zero-order chi connectivity index (χ0) is 16.5. The molecule has 1 heterocycles. The molecule has 1 saturated carbocycles. The van der Waals surface area contributed by atoms with E-state index in [0.29, 0.717) is 0 Å². The Morgan fingerprint density at radius 2 is 1.39 bits per heavy atom. The molecule has 0 amide bonds. The van der Waals surface area contributed by atoms with E-state index in [2.05, 4.69) is 25.7 Å². The van der Waals surface area contributed by atoms with Crippen molar-refractivity contribution in [2.75, 3.05) is 13.1 Å². The highest BCUT2D eigenvalue weighted by Gasteiger charge is 2.49. The Morgan fingerprint density at radius 3 is 1.91 bits per heavy atom. The van der Waals surface area contributed by atoms with Gasteiger partial charge in [0.25, 0.3) is 0 Å². The summed E-state index contributed by atoms with van der Waals surface area (Å²) in [5.74, 6) is 0.953. The lowest BCUT2D eigenvalue weighted by atomic mass is 9.82. The molecule has 0 radical (unpaired) electrons. The minimum Gasteiger partial charge on any atom is -0.300 e. The van der Waals surface area contributed by atoms with Gasteiger partial charge in [0.15, 0.2) is 0 Å². The molecular weight excluding hydrogens is 278 g/mol. The molecule has 0 aromatic rings. The molecule has 1 nitrogen and oxygen atoms in total. The molecule has 0 aromatic carbocycles. The molecule has 2 rings (SSSR count). The number of hydrogen-bond acceptors (Lipinski definition) is 1. The molecule has 2 fully saturated rings. The lowest BCUT2D eigenvalue weighted by molar-refractivity contribution is 0.0673. The summed E-state index contributed by atoms with van der Waals surface area (Å²) in [6.45, 7) is 9.98. The van der Waals surface area contributed by atoms with Gasteiger partial charge < -0.3 is 4.90 Å². The van der Waals surface area contributed by atoms with Crippen molar-refractivity contribution in [3.05, 3.63) is 0 Å². The van der Waals surface area contributed by atoms with Crippen molar-refractivity contribution >= 4 is 0 Å². The Balaban J connectivity index is 1.74. The lowest BCUT2D eigenvalue weighted by Gasteiger charge is -2.42. The predicted octanol–water partition coefficient (Wildman–Crippen LogP) is 6.81. The van der Waals surface area contributed by atoms with Gasteiger partial charge in [-0.2, -0.15) is 0 Å². The third kappa shape index (κ3) is 6.07. The summed E-state index contributed by atoms with van der Waals surface area (Å²) < 4.78 is 0. The SMILES string of the molecule is CCCCCCCC(CCCCCC)N1CCC2(CC2)C(C)C1. The summed E-state index contributed by atoms with van der Waals surface area (Å²) in [5, 5.41) is 0. The molecule has 0 bridgehead atoms. The Labute approximate surface area is 146 Å². The average molecular weight is 322 g/mol. The molecular formula is C22H43N. The van der Waals surface area contributed by atoms with Crippen LogP contribution < -0.4 is 0 Å². The molecule has 1 aliphatic carbocycles. The highest BCUT2D eigenvalue weighted by molar-refractivity contribution is 5.01. The van der Waals surface area contributed by atoms with E-state index in [1.807, 2.05) is 0 Å². The predicted molar refractivity (Wildman–Crippen MR) is 103 cm³/mol. The second kappa shape index (κ2) is 10.1. The van der Waals surface area contributed by atoms with Crippen LogP contribution in [-0.2, 0) is 0 Å². The van der Waals surface area contributed by atoms with Crippen LogP contribution in [0.2, 0.25) is 0 Å². The van der Waals surface area contributed by atoms with Crippen LogP contribution in [0, 0.1) is 11.3 Å². The van der Waals surface area contributed by atoms with E-state index < -0.39 is 0 Å². The quantitative estimate of drug-likeness (QED) is 0.357. The Hall–Kier alpha value is -0.0400. The van der Waals surface area contributed by atoms with Gasteiger partial charge in [-0.05, 0) is 50.0 Å². The van der Waals surface area contributed by atoms with Crippen molar-refractivity contribution < 1.29 is 0 Å². The number of rotatable bonds is 12. The third-order valence-corrected chi connectivity index (χ3v) is 6.89. The number of unbranched alkanes of at least 4 members (excludes halogenated alkanes) is 7. The van der Waals surface area contributed by atoms with Gasteiger partial charge in [-0.15, -0.1) is 0 Å². The van der Waals surface area contributed by atoms with Gasteiger partial charge in [0.1, 0.15) is 0 Å². The fourth-order valence-electron chi connectivity index (χ4n) is 4.78. The van der Waals surface area contributed by atoms with Crippen LogP contribution in [0.5, 0.6) is 0 Å². The lowest BCUT2D eigenvalue weighted by Crippen LogP contribution is -2.46. The van der Waals surface area contributed by atoms with Crippen molar-refractivity contribution in [2.24, 2.45) is 11.3 Å². The van der Waals surface area contributed by atoms with Gasteiger partial charge in [0.2, 0.25) is 0 Å². The molecule has 2 aliphatic rings. The molecule has 1 heteroatoms. The van der Waals surface area contributed by atoms with E-state index in [-0.39, 0.29) is 0 Å². The monoisotopic (exact) mass is 321 g/mol. The molecule has 0 aromatic heterocycles. The molecule has 23 heavy (non-hydrogen) atoms. The van der Waals surface area contributed by atoms with E-state index >= 15 is 0 Å². The maximum Gasteiger partial charge on any atom is 0.00953 e. The molecule has 136 valence electrons. The normalized spacial score (nSPS) is 24.9. The molecule has 2 atom stereocenters. The molecule has 1 spiro atoms. The van der Waals surface area contributed by atoms with Crippen LogP contribution in [-0.4, -0.2) is 24.0 Å². The highest BCUT2D eigenvalue weighted by atomic mass is 15.2. The van der Waals surface area contributed by atoms with Crippen LogP contribution in [0.1, 0.15) is 111 Å². The number of likely N-dealkylation sites (tertiary alicyclic amines) is 1. The van der Waals surface area contributed by atoms with Gasteiger partial charge in [-0.25, -0.2) is 0 Å². The summed E-state index contributed by atoms with van der Waals surface area (Å²) in [5.41, 5.74) is 0.796. The maximum absolute atomic E-state index is 2.90. The third-order valence-electron chi connectivity index (χ3n) is 6.89. The summed E-state index contributed by atoms with van der Waals surface area (Å²) in [6, 6.07) is 0.895. The van der Waals surface area contributed by atoms with Crippen molar-refractivity contribution in [1.29, 1.82) is 0 Å². The standard InChI is InChI=1S/C22H43N/c1-4-6-8-10-12-14-21(13-11-9-7-5-2)23-18-17-22(15-16-22)20(3)19-23/h20-21H,4-19H2,1-3H3. The first-order valence-electron chi connectivity index (χ1n) is 11.0. The molecule has 2 unspecified atom stereocenters. The van der Waals surface area contributed by atoms with Gasteiger partial charge in [0.05, 0.1) is 0 Å². The summed E-state index contributed by atoms with van der Waals surface area (Å²) in [6.07, 6.45) is 20.4. The van der Waals surface area contributed by atoms with Crippen molar-refractivity contribution in [2.45, 2.75) is 117 Å². The maximum atomic E-state index is 2.90. The first kappa shape index (κ1) is 19.3. The zero-order valence-corrected chi connectivity index (χ0v) is 16.4. The number of piperidine rings is 1. The minimum absolute atomic E-state index is 0.796. The van der Waals surface area contributed by atoms with E-state index in [0.717, 1.165) is 17.4 Å². The summed E-state index contributed by atoms with van der Waals surface area (Å²) >= 11 is 0. The largest absolute Gasteiger partial charge is 0.300 e. The molecule has 1 aliphatic heterocycles.